The summed E-state index contributed by atoms with van der Waals surface area (Å²) in [6, 6.07) is 16.8. The zero-order valence-electron chi connectivity index (χ0n) is 11.1. The molecule has 0 amide bonds. The van der Waals surface area contributed by atoms with E-state index in [2.05, 4.69) is 93.5 Å². The SMILES string of the molecule is CC(C)(NCc1ccccc1Br)c1ccc(Br)cc1. The van der Waals surface area contributed by atoms with Gasteiger partial charge in [-0.15, -0.1) is 0 Å². The second-order valence-corrected chi connectivity index (χ2v) is 6.85. The molecule has 0 fully saturated rings. The summed E-state index contributed by atoms with van der Waals surface area (Å²) in [6.45, 7) is 5.24. The Morgan fingerprint density at radius 3 is 2.21 bits per heavy atom. The van der Waals surface area contributed by atoms with E-state index in [0.29, 0.717) is 0 Å². The second kappa shape index (κ2) is 6.21. The standard InChI is InChI=1S/C16H17Br2N/c1-16(2,13-7-9-14(17)10-8-13)19-11-12-5-3-4-6-15(12)18/h3-10,19H,11H2,1-2H3. The number of rotatable bonds is 4. The Hall–Kier alpha value is -0.640. The fourth-order valence-corrected chi connectivity index (χ4v) is 2.62. The lowest BCUT2D eigenvalue weighted by Gasteiger charge is -2.27. The first-order valence-corrected chi connectivity index (χ1v) is 7.82. The van der Waals surface area contributed by atoms with Crippen LogP contribution in [0.15, 0.2) is 57.5 Å². The van der Waals surface area contributed by atoms with Crippen LogP contribution in [0.1, 0.15) is 25.0 Å². The third-order valence-electron chi connectivity index (χ3n) is 3.24. The highest BCUT2D eigenvalue weighted by atomic mass is 79.9. The molecule has 0 saturated heterocycles. The first kappa shape index (κ1) is 14.8. The summed E-state index contributed by atoms with van der Waals surface area (Å²) in [5, 5.41) is 3.61. The van der Waals surface area contributed by atoms with Gasteiger partial charge in [-0.3, -0.25) is 0 Å². The smallest absolute Gasteiger partial charge is 0.0380 e. The van der Waals surface area contributed by atoms with Crippen molar-refractivity contribution < 1.29 is 0 Å². The van der Waals surface area contributed by atoms with Crippen molar-refractivity contribution in [2.45, 2.75) is 25.9 Å². The van der Waals surface area contributed by atoms with Crippen molar-refractivity contribution in [1.29, 1.82) is 0 Å². The van der Waals surface area contributed by atoms with E-state index in [-0.39, 0.29) is 5.54 Å². The zero-order chi connectivity index (χ0) is 13.9. The van der Waals surface area contributed by atoms with E-state index in [4.69, 9.17) is 0 Å². The van der Waals surface area contributed by atoms with Crippen molar-refractivity contribution in [3.63, 3.8) is 0 Å². The van der Waals surface area contributed by atoms with Gasteiger partial charge in [0.25, 0.3) is 0 Å². The largest absolute Gasteiger partial charge is 0.304 e. The minimum Gasteiger partial charge on any atom is -0.304 e. The lowest BCUT2D eigenvalue weighted by Crippen LogP contribution is -2.36. The summed E-state index contributed by atoms with van der Waals surface area (Å²) in [4.78, 5) is 0. The topological polar surface area (TPSA) is 12.0 Å². The van der Waals surface area contributed by atoms with Crippen LogP contribution in [-0.4, -0.2) is 0 Å². The molecule has 0 aliphatic rings. The van der Waals surface area contributed by atoms with E-state index in [1.165, 1.54) is 11.1 Å². The monoisotopic (exact) mass is 381 g/mol. The number of nitrogens with one attached hydrogen (secondary N) is 1. The average molecular weight is 383 g/mol. The molecule has 0 unspecified atom stereocenters. The minimum atomic E-state index is -0.0595. The van der Waals surface area contributed by atoms with Crippen LogP contribution in [0.25, 0.3) is 0 Å². The van der Waals surface area contributed by atoms with E-state index < -0.39 is 0 Å². The molecule has 0 bridgehead atoms. The van der Waals surface area contributed by atoms with Gasteiger partial charge in [0.2, 0.25) is 0 Å². The maximum absolute atomic E-state index is 3.61. The minimum absolute atomic E-state index is 0.0595. The lowest BCUT2D eigenvalue weighted by molar-refractivity contribution is 0.401. The quantitative estimate of drug-likeness (QED) is 0.762. The van der Waals surface area contributed by atoms with Crippen molar-refractivity contribution in [2.24, 2.45) is 0 Å². The van der Waals surface area contributed by atoms with Gasteiger partial charge >= 0.3 is 0 Å². The summed E-state index contributed by atoms with van der Waals surface area (Å²) >= 11 is 7.05. The fourth-order valence-electron chi connectivity index (χ4n) is 1.93. The Kier molecular flexibility index (Phi) is 4.82. The van der Waals surface area contributed by atoms with E-state index in [1.807, 2.05) is 6.07 Å². The fraction of sp³-hybridized carbons (Fsp3) is 0.250. The molecule has 1 nitrogen and oxygen atoms in total. The van der Waals surface area contributed by atoms with E-state index in [0.717, 1.165) is 15.5 Å². The molecular formula is C16H17Br2N. The van der Waals surface area contributed by atoms with Crippen LogP contribution in [0.2, 0.25) is 0 Å². The second-order valence-electron chi connectivity index (χ2n) is 5.08. The maximum atomic E-state index is 3.61. The Morgan fingerprint density at radius 1 is 0.947 bits per heavy atom. The van der Waals surface area contributed by atoms with Crippen LogP contribution in [0.4, 0.5) is 0 Å². The third kappa shape index (κ3) is 3.91. The predicted molar refractivity (Wildman–Crippen MR) is 88.1 cm³/mol. The van der Waals surface area contributed by atoms with Crippen molar-refractivity contribution in [2.75, 3.05) is 0 Å². The van der Waals surface area contributed by atoms with Gasteiger partial charge in [-0.2, -0.15) is 0 Å². The van der Waals surface area contributed by atoms with Gasteiger partial charge in [0.1, 0.15) is 0 Å². The Balaban J connectivity index is 2.09. The van der Waals surface area contributed by atoms with Crippen molar-refractivity contribution >= 4 is 31.9 Å². The molecule has 1 N–H and O–H groups in total. The van der Waals surface area contributed by atoms with Gasteiger partial charge in [-0.05, 0) is 43.2 Å². The van der Waals surface area contributed by atoms with E-state index in [9.17, 15) is 0 Å². The van der Waals surface area contributed by atoms with E-state index >= 15 is 0 Å². The highest BCUT2D eigenvalue weighted by Crippen LogP contribution is 2.24. The van der Waals surface area contributed by atoms with Gasteiger partial charge < -0.3 is 5.32 Å². The van der Waals surface area contributed by atoms with Gasteiger partial charge in [0.15, 0.2) is 0 Å². The molecule has 0 aliphatic heterocycles. The molecule has 100 valence electrons. The molecular weight excluding hydrogens is 366 g/mol. The normalized spacial score (nSPS) is 11.6. The first-order chi connectivity index (χ1) is 8.99. The summed E-state index contributed by atoms with van der Waals surface area (Å²) in [7, 11) is 0. The first-order valence-electron chi connectivity index (χ1n) is 6.23. The number of halogens is 2. The highest BCUT2D eigenvalue weighted by molar-refractivity contribution is 9.10. The Bertz CT molecular complexity index is 547. The zero-order valence-corrected chi connectivity index (χ0v) is 14.3. The van der Waals surface area contributed by atoms with Crippen LogP contribution in [0, 0.1) is 0 Å². The maximum Gasteiger partial charge on any atom is 0.0380 e. The molecule has 2 rings (SSSR count). The number of hydrogen-bond acceptors (Lipinski definition) is 1. The summed E-state index contributed by atoms with van der Waals surface area (Å²) in [5.74, 6) is 0. The molecule has 0 aromatic heterocycles. The molecule has 0 radical (unpaired) electrons. The predicted octanol–water partition coefficient (Wildman–Crippen LogP) is 5.24. The molecule has 3 heteroatoms. The molecule has 0 heterocycles. The Labute approximate surface area is 131 Å². The van der Waals surface area contributed by atoms with Crippen molar-refractivity contribution in [3.05, 3.63) is 68.6 Å². The Morgan fingerprint density at radius 2 is 1.58 bits per heavy atom. The van der Waals surface area contributed by atoms with Crippen LogP contribution < -0.4 is 5.32 Å². The van der Waals surface area contributed by atoms with E-state index in [1.54, 1.807) is 0 Å². The van der Waals surface area contributed by atoms with Gasteiger partial charge in [0.05, 0.1) is 0 Å². The molecule has 19 heavy (non-hydrogen) atoms. The summed E-state index contributed by atoms with van der Waals surface area (Å²) in [5.41, 5.74) is 2.49. The lowest BCUT2D eigenvalue weighted by atomic mass is 9.94. The van der Waals surface area contributed by atoms with Crippen molar-refractivity contribution in [1.82, 2.24) is 5.32 Å². The third-order valence-corrected chi connectivity index (χ3v) is 4.55. The van der Waals surface area contributed by atoms with Gasteiger partial charge in [-0.25, -0.2) is 0 Å². The number of hydrogen-bond donors (Lipinski definition) is 1. The van der Waals surface area contributed by atoms with Crippen LogP contribution >= 0.6 is 31.9 Å². The number of benzene rings is 2. The van der Waals surface area contributed by atoms with Crippen molar-refractivity contribution in [3.8, 4) is 0 Å². The molecule has 2 aromatic rings. The molecule has 0 atom stereocenters. The molecule has 0 spiro atoms. The van der Waals surface area contributed by atoms with Crippen LogP contribution in [-0.2, 0) is 12.1 Å². The summed E-state index contributed by atoms with van der Waals surface area (Å²) in [6.07, 6.45) is 0. The van der Waals surface area contributed by atoms with Gasteiger partial charge in [0, 0.05) is 21.0 Å². The molecule has 0 saturated carbocycles. The highest BCUT2D eigenvalue weighted by Gasteiger charge is 2.19. The average Bonchev–Trinajstić information content (AvgIpc) is 2.38. The molecule has 2 aromatic carbocycles. The van der Waals surface area contributed by atoms with Gasteiger partial charge in [-0.1, -0.05) is 62.2 Å². The van der Waals surface area contributed by atoms with Crippen LogP contribution in [0.5, 0.6) is 0 Å². The van der Waals surface area contributed by atoms with Crippen LogP contribution in [0.3, 0.4) is 0 Å². The summed E-state index contributed by atoms with van der Waals surface area (Å²) < 4.78 is 2.26. The molecule has 0 aliphatic carbocycles.